The van der Waals surface area contributed by atoms with Gasteiger partial charge in [0.25, 0.3) is 0 Å². The van der Waals surface area contributed by atoms with Gasteiger partial charge >= 0.3 is 0 Å². The van der Waals surface area contributed by atoms with Crippen molar-refractivity contribution in [3.8, 4) is 0 Å². The summed E-state index contributed by atoms with van der Waals surface area (Å²) in [5, 5.41) is 0. The third kappa shape index (κ3) is 2.46. The molecule has 0 aromatic heterocycles. The van der Waals surface area contributed by atoms with Crippen molar-refractivity contribution in [3.63, 3.8) is 0 Å². The van der Waals surface area contributed by atoms with Gasteiger partial charge in [-0.05, 0) is 19.3 Å². The quantitative estimate of drug-likeness (QED) is 0.649. The van der Waals surface area contributed by atoms with Gasteiger partial charge in [-0.15, -0.1) is 0 Å². The summed E-state index contributed by atoms with van der Waals surface area (Å²) in [6.45, 7) is 9.12. The Kier molecular flexibility index (Phi) is 4.02. The van der Waals surface area contributed by atoms with E-state index >= 15 is 0 Å². The third-order valence-electron chi connectivity index (χ3n) is 2.57. The molecular formula is C10H20O2. The molecule has 0 radical (unpaired) electrons. The molecule has 0 N–H and O–H groups in total. The van der Waals surface area contributed by atoms with Gasteiger partial charge in [0, 0.05) is 19.1 Å². The Balaban J connectivity index is 2.42. The van der Waals surface area contributed by atoms with Crippen LogP contribution in [-0.4, -0.2) is 25.9 Å². The van der Waals surface area contributed by atoms with Crippen molar-refractivity contribution in [3.05, 3.63) is 0 Å². The van der Waals surface area contributed by atoms with E-state index in [-0.39, 0.29) is 0 Å². The smallest absolute Gasteiger partial charge is 0.0649 e. The summed E-state index contributed by atoms with van der Waals surface area (Å²) >= 11 is 0. The van der Waals surface area contributed by atoms with Gasteiger partial charge in [0.15, 0.2) is 0 Å². The zero-order valence-corrected chi connectivity index (χ0v) is 8.38. The van der Waals surface area contributed by atoms with Crippen LogP contribution in [0, 0.1) is 11.8 Å². The minimum atomic E-state index is 0.434. The van der Waals surface area contributed by atoms with Crippen molar-refractivity contribution in [2.45, 2.75) is 33.3 Å². The Labute approximate surface area is 75.2 Å². The zero-order chi connectivity index (χ0) is 8.97. The standard InChI is InChI=1S/C10H20O2/c1-4-12-10-5-6-11-7-9(10)8(2)3/h8-10H,4-7H2,1-3H3/t9-,10-/m0/s1. The number of hydrogen-bond donors (Lipinski definition) is 0. The molecule has 0 bridgehead atoms. The Morgan fingerprint density at radius 3 is 2.83 bits per heavy atom. The Bertz CT molecular complexity index is 121. The maximum Gasteiger partial charge on any atom is 0.0649 e. The van der Waals surface area contributed by atoms with Crippen LogP contribution in [0.3, 0.4) is 0 Å². The average molecular weight is 172 g/mol. The number of ether oxygens (including phenoxy) is 2. The minimum absolute atomic E-state index is 0.434. The van der Waals surface area contributed by atoms with Crippen molar-refractivity contribution in [1.29, 1.82) is 0 Å². The second kappa shape index (κ2) is 4.83. The molecule has 1 saturated heterocycles. The minimum Gasteiger partial charge on any atom is -0.381 e. The van der Waals surface area contributed by atoms with Gasteiger partial charge < -0.3 is 9.47 Å². The lowest BCUT2D eigenvalue weighted by atomic mass is 9.88. The molecule has 0 unspecified atom stereocenters. The molecule has 1 rings (SSSR count). The lowest BCUT2D eigenvalue weighted by molar-refractivity contribution is -0.0844. The summed E-state index contributed by atoms with van der Waals surface area (Å²) in [4.78, 5) is 0. The summed E-state index contributed by atoms with van der Waals surface area (Å²) in [6, 6.07) is 0. The van der Waals surface area contributed by atoms with Gasteiger partial charge in [-0.1, -0.05) is 13.8 Å². The summed E-state index contributed by atoms with van der Waals surface area (Å²) in [5.74, 6) is 1.26. The average Bonchev–Trinajstić information content (AvgIpc) is 2.05. The van der Waals surface area contributed by atoms with Gasteiger partial charge in [-0.2, -0.15) is 0 Å². The number of hydrogen-bond acceptors (Lipinski definition) is 2. The van der Waals surface area contributed by atoms with E-state index in [4.69, 9.17) is 9.47 Å². The molecule has 12 heavy (non-hydrogen) atoms. The van der Waals surface area contributed by atoms with Crippen molar-refractivity contribution in [2.24, 2.45) is 11.8 Å². The lowest BCUT2D eigenvalue weighted by Gasteiger charge is -2.33. The van der Waals surface area contributed by atoms with Crippen LogP contribution in [-0.2, 0) is 9.47 Å². The fourth-order valence-electron chi connectivity index (χ4n) is 1.78. The van der Waals surface area contributed by atoms with Crippen LogP contribution in [0.15, 0.2) is 0 Å². The van der Waals surface area contributed by atoms with Crippen LogP contribution in [0.1, 0.15) is 27.2 Å². The SMILES string of the molecule is CCO[C@H]1CCOC[C@H]1C(C)C. The molecule has 0 saturated carbocycles. The van der Waals surface area contributed by atoms with E-state index in [0.29, 0.717) is 17.9 Å². The maximum atomic E-state index is 5.68. The summed E-state index contributed by atoms with van der Waals surface area (Å²) in [7, 11) is 0. The highest BCUT2D eigenvalue weighted by molar-refractivity contribution is 4.76. The van der Waals surface area contributed by atoms with E-state index in [2.05, 4.69) is 20.8 Å². The topological polar surface area (TPSA) is 18.5 Å². The molecule has 0 aromatic rings. The molecule has 1 fully saturated rings. The highest BCUT2D eigenvalue weighted by Gasteiger charge is 2.28. The Morgan fingerprint density at radius 1 is 1.50 bits per heavy atom. The van der Waals surface area contributed by atoms with E-state index in [1.54, 1.807) is 0 Å². The molecular weight excluding hydrogens is 152 g/mol. The highest BCUT2D eigenvalue weighted by Crippen LogP contribution is 2.24. The summed E-state index contributed by atoms with van der Waals surface area (Å²) in [5.41, 5.74) is 0. The van der Waals surface area contributed by atoms with Crippen LogP contribution in [0.2, 0.25) is 0 Å². The van der Waals surface area contributed by atoms with Crippen LogP contribution >= 0.6 is 0 Å². The van der Waals surface area contributed by atoms with Gasteiger partial charge in [0.05, 0.1) is 12.7 Å². The summed E-state index contributed by atoms with van der Waals surface area (Å²) < 4.78 is 11.1. The van der Waals surface area contributed by atoms with E-state index < -0.39 is 0 Å². The van der Waals surface area contributed by atoms with Gasteiger partial charge in [0.2, 0.25) is 0 Å². The first-order chi connectivity index (χ1) is 5.75. The molecule has 0 amide bonds. The molecule has 0 spiro atoms. The van der Waals surface area contributed by atoms with Gasteiger partial charge in [-0.3, -0.25) is 0 Å². The van der Waals surface area contributed by atoms with E-state index in [0.717, 1.165) is 26.2 Å². The van der Waals surface area contributed by atoms with Crippen LogP contribution in [0.25, 0.3) is 0 Å². The summed E-state index contributed by atoms with van der Waals surface area (Å²) in [6.07, 6.45) is 1.50. The van der Waals surface area contributed by atoms with Crippen molar-refractivity contribution in [1.82, 2.24) is 0 Å². The lowest BCUT2D eigenvalue weighted by Crippen LogP contribution is -2.37. The molecule has 2 atom stereocenters. The second-order valence-electron chi connectivity index (χ2n) is 3.77. The van der Waals surface area contributed by atoms with E-state index in [9.17, 15) is 0 Å². The van der Waals surface area contributed by atoms with Gasteiger partial charge in [0.1, 0.15) is 0 Å². The van der Waals surface area contributed by atoms with Crippen LogP contribution < -0.4 is 0 Å². The predicted molar refractivity (Wildman–Crippen MR) is 49.2 cm³/mol. The molecule has 0 aromatic carbocycles. The first kappa shape index (κ1) is 10.0. The van der Waals surface area contributed by atoms with Crippen LogP contribution in [0.4, 0.5) is 0 Å². The van der Waals surface area contributed by atoms with Gasteiger partial charge in [-0.25, -0.2) is 0 Å². The highest BCUT2D eigenvalue weighted by atomic mass is 16.5. The largest absolute Gasteiger partial charge is 0.381 e. The Hall–Kier alpha value is -0.0800. The van der Waals surface area contributed by atoms with E-state index in [1.165, 1.54) is 0 Å². The zero-order valence-electron chi connectivity index (χ0n) is 8.38. The normalized spacial score (nSPS) is 31.0. The van der Waals surface area contributed by atoms with E-state index in [1.807, 2.05) is 0 Å². The molecule has 2 heteroatoms. The molecule has 1 aliphatic heterocycles. The first-order valence-electron chi connectivity index (χ1n) is 4.95. The van der Waals surface area contributed by atoms with Crippen molar-refractivity contribution < 1.29 is 9.47 Å². The fraction of sp³-hybridized carbons (Fsp3) is 1.00. The fourth-order valence-corrected chi connectivity index (χ4v) is 1.78. The molecule has 0 aliphatic carbocycles. The van der Waals surface area contributed by atoms with Crippen molar-refractivity contribution >= 4 is 0 Å². The number of rotatable bonds is 3. The molecule has 1 aliphatic rings. The maximum absolute atomic E-state index is 5.68. The predicted octanol–water partition coefficient (Wildman–Crippen LogP) is 2.08. The molecule has 1 heterocycles. The molecule has 2 nitrogen and oxygen atoms in total. The first-order valence-corrected chi connectivity index (χ1v) is 4.95. The molecule has 72 valence electrons. The third-order valence-corrected chi connectivity index (χ3v) is 2.57. The van der Waals surface area contributed by atoms with Crippen LogP contribution in [0.5, 0.6) is 0 Å². The Morgan fingerprint density at radius 2 is 2.25 bits per heavy atom. The monoisotopic (exact) mass is 172 g/mol. The van der Waals surface area contributed by atoms with Crippen molar-refractivity contribution in [2.75, 3.05) is 19.8 Å². The second-order valence-corrected chi connectivity index (χ2v) is 3.77.